The molecule has 2 heterocycles. The van der Waals surface area contributed by atoms with Gasteiger partial charge in [0.15, 0.2) is 45.7 Å². The minimum Gasteiger partial charge on any atom is -0.507 e. The van der Waals surface area contributed by atoms with Gasteiger partial charge in [0.05, 0.1) is 25.3 Å². The van der Waals surface area contributed by atoms with Crippen LogP contribution in [0, 0.1) is 0 Å². The van der Waals surface area contributed by atoms with Gasteiger partial charge in [-0.15, -0.1) is 0 Å². The van der Waals surface area contributed by atoms with Gasteiger partial charge in [-0.1, -0.05) is 0 Å². The highest BCUT2D eigenvalue weighted by molar-refractivity contribution is 6.09. The summed E-state index contributed by atoms with van der Waals surface area (Å²) in [5.74, 6) is -6.70. The maximum Gasteiger partial charge on any atom is 0.239 e. The van der Waals surface area contributed by atoms with Gasteiger partial charge in [0.2, 0.25) is 22.4 Å². The summed E-state index contributed by atoms with van der Waals surface area (Å²) in [5.41, 5.74) is -3.91. The van der Waals surface area contributed by atoms with Gasteiger partial charge < -0.3 is 59.2 Å². The Bertz CT molecular complexity index is 2200. The molecule has 0 spiro atoms. The molecule has 0 radical (unpaired) electrons. The smallest absolute Gasteiger partial charge is 0.239 e. The Labute approximate surface area is 255 Å². The zero-order chi connectivity index (χ0) is 33.2. The first kappa shape index (κ1) is 29.4. The van der Waals surface area contributed by atoms with Gasteiger partial charge in [0, 0.05) is 23.3 Å². The van der Waals surface area contributed by atoms with Gasteiger partial charge >= 0.3 is 0 Å². The second kappa shape index (κ2) is 10.5. The molecule has 0 bridgehead atoms. The number of phenolic OH excluding ortho intramolecular Hbond substituents is 8. The van der Waals surface area contributed by atoms with Crippen LogP contribution in [0.5, 0.6) is 57.5 Å². The van der Waals surface area contributed by atoms with Crippen LogP contribution in [-0.4, -0.2) is 55.1 Å². The van der Waals surface area contributed by atoms with Crippen LogP contribution in [-0.2, 0) is 0 Å². The van der Waals surface area contributed by atoms with E-state index >= 15 is 0 Å². The summed E-state index contributed by atoms with van der Waals surface area (Å²) >= 11 is 0. The van der Waals surface area contributed by atoms with Crippen LogP contribution >= 0.6 is 0 Å². The molecule has 0 atom stereocenters. The molecule has 46 heavy (non-hydrogen) atoms. The number of benzene rings is 4. The SMILES string of the molecule is COc1c(-c2ccc(O)c(O)c2)oc2c(-c3c(O)cc(O)c4c(=O)c(OC)c(-c5ccc(O)c(O)c5)oc34)c(O)cc(O)c2c1=O. The average Bonchev–Trinajstić information content (AvgIpc) is 3.00. The van der Waals surface area contributed by atoms with Gasteiger partial charge in [-0.05, 0) is 36.4 Å². The van der Waals surface area contributed by atoms with E-state index in [0.29, 0.717) is 0 Å². The Hall–Kier alpha value is -6.70. The van der Waals surface area contributed by atoms with Crippen molar-refractivity contribution < 1.29 is 59.2 Å². The highest BCUT2D eigenvalue weighted by Crippen LogP contribution is 2.50. The molecule has 6 rings (SSSR count). The third kappa shape index (κ3) is 4.27. The lowest BCUT2D eigenvalue weighted by Crippen LogP contribution is -2.09. The predicted octanol–water partition coefficient (Wildman–Crippen LogP) is 4.56. The van der Waals surface area contributed by atoms with Crippen molar-refractivity contribution in [3.05, 3.63) is 69.0 Å². The number of fused-ring (bicyclic) bond motifs is 2. The number of hydrogen-bond donors (Lipinski definition) is 8. The van der Waals surface area contributed by atoms with Gasteiger partial charge in [-0.25, -0.2) is 0 Å². The van der Waals surface area contributed by atoms with E-state index in [0.717, 1.165) is 50.6 Å². The number of aromatic hydroxyl groups is 8. The summed E-state index contributed by atoms with van der Waals surface area (Å²) < 4.78 is 22.6. The summed E-state index contributed by atoms with van der Waals surface area (Å²) in [5, 5.41) is 82.6. The van der Waals surface area contributed by atoms with Crippen molar-refractivity contribution >= 4 is 21.9 Å². The van der Waals surface area contributed by atoms with Gasteiger partial charge in [-0.3, -0.25) is 9.59 Å². The lowest BCUT2D eigenvalue weighted by Gasteiger charge is -2.17. The third-order valence-corrected chi connectivity index (χ3v) is 7.30. The summed E-state index contributed by atoms with van der Waals surface area (Å²) in [6, 6.07) is 8.45. The fourth-order valence-corrected chi connectivity index (χ4v) is 5.20. The zero-order valence-corrected chi connectivity index (χ0v) is 23.6. The minimum absolute atomic E-state index is 0.0189. The molecule has 0 aliphatic rings. The molecule has 0 unspecified atom stereocenters. The molecule has 8 N–H and O–H groups in total. The quantitative estimate of drug-likeness (QED) is 0.122. The van der Waals surface area contributed by atoms with Crippen molar-refractivity contribution in [2.75, 3.05) is 14.2 Å². The first-order valence-corrected chi connectivity index (χ1v) is 13.1. The summed E-state index contributed by atoms with van der Waals surface area (Å²) in [6.07, 6.45) is 0. The summed E-state index contributed by atoms with van der Waals surface area (Å²) in [7, 11) is 2.29. The molecule has 0 aliphatic heterocycles. The van der Waals surface area contributed by atoms with E-state index in [-0.39, 0.29) is 22.6 Å². The molecule has 0 fully saturated rings. The van der Waals surface area contributed by atoms with Crippen LogP contribution in [0.25, 0.3) is 55.7 Å². The molecule has 14 heteroatoms. The molecule has 14 nitrogen and oxygen atoms in total. The van der Waals surface area contributed by atoms with Crippen LogP contribution in [0.3, 0.4) is 0 Å². The standard InChI is InChI=1S/C32H22O14/c1-43-31-25(41)23-19(39)9-17(37)21(29(23)45-27(31)11-3-5-13(33)15(35)7-11)22-18(38)10-20(40)24-26(42)32(44-2)28(46-30(22)24)12-4-6-14(34)16(36)8-12/h3-10,33-40H,1-2H3. The molecule has 234 valence electrons. The van der Waals surface area contributed by atoms with E-state index < -0.39 is 101 Å². The number of rotatable bonds is 5. The molecule has 6 aromatic rings. The summed E-state index contributed by atoms with van der Waals surface area (Å²) in [4.78, 5) is 27.4. The minimum atomic E-state index is -0.948. The molecule has 0 saturated carbocycles. The van der Waals surface area contributed by atoms with Gasteiger partial charge in [0.1, 0.15) is 33.8 Å². The van der Waals surface area contributed by atoms with E-state index in [4.69, 9.17) is 18.3 Å². The van der Waals surface area contributed by atoms with Crippen LogP contribution in [0.4, 0.5) is 0 Å². The normalized spacial score (nSPS) is 11.3. The van der Waals surface area contributed by atoms with Crippen LogP contribution in [0.1, 0.15) is 0 Å². The lowest BCUT2D eigenvalue weighted by molar-refractivity contribution is 0.395. The van der Waals surface area contributed by atoms with Crippen molar-refractivity contribution in [3.63, 3.8) is 0 Å². The van der Waals surface area contributed by atoms with Crippen LogP contribution in [0.15, 0.2) is 67.0 Å². The molecule has 4 aromatic carbocycles. The van der Waals surface area contributed by atoms with Crippen molar-refractivity contribution in [2.24, 2.45) is 0 Å². The molecule has 2 aromatic heterocycles. The Balaban J connectivity index is 1.81. The fourth-order valence-electron chi connectivity index (χ4n) is 5.20. The van der Waals surface area contributed by atoms with Crippen LogP contribution < -0.4 is 20.3 Å². The molecular formula is C32H22O14. The zero-order valence-electron chi connectivity index (χ0n) is 23.6. The van der Waals surface area contributed by atoms with Crippen molar-refractivity contribution in [1.82, 2.24) is 0 Å². The molecule has 0 aliphatic carbocycles. The first-order chi connectivity index (χ1) is 21.9. The van der Waals surface area contributed by atoms with E-state index in [2.05, 4.69) is 0 Å². The summed E-state index contributed by atoms with van der Waals surface area (Å²) in [6.45, 7) is 0. The molecule has 0 amide bonds. The predicted molar refractivity (Wildman–Crippen MR) is 161 cm³/mol. The number of hydrogen-bond acceptors (Lipinski definition) is 14. The second-order valence-corrected chi connectivity index (χ2v) is 9.98. The Morgan fingerprint density at radius 3 is 1.17 bits per heavy atom. The van der Waals surface area contributed by atoms with E-state index in [1.54, 1.807) is 0 Å². The van der Waals surface area contributed by atoms with Crippen molar-refractivity contribution in [2.45, 2.75) is 0 Å². The van der Waals surface area contributed by atoms with E-state index in [9.17, 15) is 50.4 Å². The monoisotopic (exact) mass is 630 g/mol. The van der Waals surface area contributed by atoms with Crippen molar-refractivity contribution in [1.29, 1.82) is 0 Å². The van der Waals surface area contributed by atoms with Gasteiger partial charge in [0.25, 0.3) is 0 Å². The molecule has 0 saturated heterocycles. The second-order valence-electron chi connectivity index (χ2n) is 9.98. The largest absolute Gasteiger partial charge is 0.507 e. The van der Waals surface area contributed by atoms with E-state index in [1.807, 2.05) is 0 Å². The fraction of sp³-hybridized carbons (Fsp3) is 0.0625. The highest BCUT2D eigenvalue weighted by Gasteiger charge is 2.30. The number of phenols is 8. The molecular weight excluding hydrogens is 608 g/mol. The average molecular weight is 631 g/mol. The third-order valence-electron chi connectivity index (χ3n) is 7.30. The maximum absolute atomic E-state index is 13.7. The van der Waals surface area contributed by atoms with Crippen LogP contribution in [0.2, 0.25) is 0 Å². The first-order valence-electron chi connectivity index (χ1n) is 13.1. The van der Waals surface area contributed by atoms with Crippen molar-refractivity contribution in [3.8, 4) is 91.3 Å². The number of methoxy groups -OCH3 is 2. The Kier molecular flexibility index (Phi) is 6.69. The highest BCUT2D eigenvalue weighted by atomic mass is 16.5. The topological polar surface area (TPSA) is 241 Å². The maximum atomic E-state index is 13.7. The Morgan fingerprint density at radius 1 is 0.478 bits per heavy atom. The van der Waals surface area contributed by atoms with Gasteiger partial charge in [-0.2, -0.15) is 0 Å². The van der Waals surface area contributed by atoms with E-state index in [1.165, 1.54) is 12.1 Å². The Morgan fingerprint density at radius 2 is 0.848 bits per heavy atom. The lowest BCUT2D eigenvalue weighted by atomic mass is 9.96. The number of ether oxygens (including phenoxy) is 2.